The van der Waals surface area contributed by atoms with Crippen LogP contribution in [0.25, 0.3) is 0 Å². The maximum Gasteiger partial charge on any atom is 0.343 e. The molecule has 4 heteroatoms. The Hall–Kier alpha value is -3.40. The minimum absolute atomic E-state index is 0.0556. The molecular formula is C40H55NO3. The van der Waals surface area contributed by atoms with Gasteiger partial charge in [0, 0.05) is 6.21 Å². The first kappa shape index (κ1) is 35.1. The number of nitrogens with zero attached hydrogens (tertiary/aromatic N) is 1. The van der Waals surface area contributed by atoms with Crippen LogP contribution in [0.1, 0.15) is 139 Å². The highest BCUT2D eigenvalue weighted by Crippen LogP contribution is 2.25. The first-order valence-electron chi connectivity index (χ1n) is 17.0. The van der Waals surface area contributed by atoms with E-state index in [0.29, 0.717) is 11.3 Å². The molecule has 0 bridgehead atoms. The fraction of sp³-hybridized carbons (Fsp3) is 0.500. The summed E-state index contributed by atoms with van der Waals surface area (Å²) in [6.07, 6.45) is 20.9. The van der Waals surface area contributed by atoms with Gasteiger partial charge in [-0.15, -0.1) is 0 Å². The summed E-state index contributed by atoms with van der Waals surface area (Å²) in [6, 6.07) is 22.8. The molecule has 0 saturated carbocycles. The normalized spacial score (nSPS) is 11.6. The molecule has 0 aliphatic rings. The fourth-order valence-corrected chi connectivity index (χ4v) is 5.16. The van der Waals surface area contributed by atoms with Crippen LogP contribution in [-0.2, 0) is 5.41 Å². The molecule has 3 aromatic carbocycles. The number of carbonyl (C=O) groups is 1. The Morgan fingerprint density at radius 2 is 1.14 bits per heavy atom. The third-order valence-electron chi connectivity index (χ3n) is 8.04. The Morgan fingerprint density at radius 1 is 0.636 bits per heavy atom. The standard InChI is InChI=1S/C40H55NO3/c1-5-6-7-8-9-10-11-12-13-14-15-16-17-18-31-43-37-27-19-33(20-28-37)32-41-36-25-21-34(22-26-36)39(42)44-38-29-23-35(24-30-38)40(2,3)4/h19-30,32H,5-18,31H2,1-4H3. The van der Waals surface area contributed by atoms with Crippen molar-refractivity contribution in [3.63, 3.8) is 0 Å². The zero-order chi connectivity index (χ0) is 31.5. The van der Waals surface area contributed by atoms with Crippen molar-refractivity contribution < 1.29 is 14.3 Å². The number of hydrogen-bond acceptors (Lipinski definition) is 4. The van der Waals surface area contributed by atoms with Crippen LogP contribution in [0.3, 0.4) is 0 Å². The maximum atomic E-state index is 12.6. The first-order chi connectivity index (χ1) is 21.3. The molecule has 3 rings (SSSR count). The molecular weight excluding hydrogens is 542 g/mol. The third-order valence-corrected chi connectivity index (χ3v) is 8.04. The van der Waals surface area contributed by atoms with E-state index in [0.717, 1.165) is 30.0 Å². The summed E-state index contributed by atoms with van der Waals surface area (Å²) in [5.74, 6) is 1.05. The summed E-state index contributed by atoms with van der Waals surface area (Å²) in [4.78, 5) is 17.1. The molecule has 0 heterocycles. The molecule has 0 N–H and O–H groups in total. The monoisotopic (exact) mass is 597 g/mol. The second-order valence-corrected chi connectivity index (χ2v) is 13.0. The number of rotatable bonds is 20. The van der Waals surface area contributed by atoms with Gasteiger partial charge in [0.2, 0.25) is 0 Å². The molecule has 0 aliphatic carbocycles. The van der Waals surface area contributed by atoms with Crippen molar-refractivity contribution in [1.29, 1.82) is 0 Å². The molecule has 0 amide bonds. The van der Waals surface area contributed by atoms with Crippen molar-refractivity contribution in [3.05, 3.63) is 89.5 Å². The van der Waals surface area contributed by atoms with E-state index in [-0.39, 0.29) is 11.4 Å². The Morgan fingerprint density at radius 3 is 1.66 bits per heavy atom. The van der Waals surface area contributed by atoms with Crippen LogP contribution in [0, 0.1) is 0 Å². The van der Waals surface area contributed by atoms with Gasteiger partial charge in [0.15, 0.2) is 0 Å². The highest BCUT2D eigenvalue weighted by atomic mass is 16.5. The van der Waals surface area contributed by atoms with E-state index in [4.69, 9.17) is 9.47 Å². The van der Waals surface area contributed by atoms with Crippen LogP contribution in [0.15, 0.2) is 77.8 Å². The number of ether oxygens (including phenoxy) is 2. The van der Waals surface area contributed by atoms with Gasteiger partial charge in [-0.1, -0.05) is 123 Å². The summed E-state index contributed by atoms with van der Waals surface area (Å²) >= 11 is 0. The van der Waals surface area contributed by atoms with E-state index in [1.54, 1.807) is 12.1 Å². The summed E-state index contributed by atoms with van der Waals surface area (Å²) < 4.78 is 11.5. The van der Waals surface area contributed by atoms with Gasteiger partial charge in [-0.05, 0) is 83.6 Å². The van der Waals surface area contributed by atoms with Crippen LogP contribution in [0.4, 0.5) is 5.69 Å². The summed E-state index contributed by atoms with van der Waals surface area (Å²) in [5, 5.41) is 0. The van der Waals surface area contributed by atoms with Crippen LogP contribution >= 0.6 is 0 Å². The third kappa shape index (κ3) is 13.9. The lowest BCUT2D eigenvalue weighted by Crippen LogP contribution is -2.11. The minimum atomic E-state index is -0.381. The van der Waals surface area contributed by atoms with Crippen LogP contribution in [0.2, 0.25) is 0 Å². The molecule has 0 aromatic heterocycles. The Kier molecular flexibility index (Phi) is 15.8. The molecule has 0 aliphatic heterocycles. The molecule has 3 aromatic rings. The number of benzene rings is 3. The van der Waals surface area contributed by atoms with E-state index in [1.807, 2.05) is 66.9 Å². The van der Waals surface area contributed by atoms with Crippen molar-refractivity contribution in [2.24, 2.45) is 4.99 Å². The zero-order valence-corrected chi connectivity index (χ0v) is 27.8. The molecule has 4 nitrogen and oxygen atoms in total. The molecule has 238 valence electrons. The van der Waals surface area contributed by atoms with E-state index in [2.05, 4.69) is 32.7 Å². The lowest BCUT2D eigenvalue weighted by Gasteiger charge is -2.19. The Bertz CT molecular complexity index is 1220. The topological polar surface area (TPSA) is 47.9 Å². The predicted molar refractivity (Wildman–Crippen MR) is 186 cm³/mol. The predicted octanol–water partition coefficient (Wildman–Crippen LogP) is 11.8. The second kappa shape index (κ2) is 19.8. The summed E-state index contributed by atoms with van der Waals surface area (Å²) in [5.41, 5.74) is 3.51. The molecule has 0 unspecified atom stereocenters. The average Bonchev–Trinajstić information content (AvgIpc) is 3.02. The summed E-state index contributed by atoms with van der Waals surface area (Å²) in [7, 11) is 0. The SMILES string of the molecule is CCCCCCCCCCCCCCCCOc1ccc(C=Nc2ccc(C(=O)Oc3ccc(C(C)(C)C)cc3)cc2)cc1. The number of carbonyl (C=O) groups excluding carboxylic acids is 1. The van der Waals surface area contributed by atoms with Gasteiger partial charge in [-0.2, -0.15) is 0 Å². The molecule has 44 heavy (non-hydrogen) atoms. The van der Waals surface area contributed by atoms with Crippen LogP contribution in [0.5, 0.6) is 11.5 Å². The number of hydrogen-bond donors (Lipinski definition) is 0. The Balaban J connectivity index is 1.27. The Labute approximate surface area is 267 Å². The van der Waals surface area contributed by atoms with Crippen LogP contribution < -0.4 is 9.47 Å². The minimum Gasteiger partial charge on any atom is -0.494 e. The van der Waals surface area contributed by atoms with Gasteiger partial charge in [0.25, 0.3) is 0 Å². The van der Waals surface area contributed by atoms with Crippen molar-refractivity contribution in [3.8, 4) is 11.5 Å². The van der Waals surface area contributed by atoms with Gasteiger partial charge < -0.3 is 9.47 Å². The zero-order valence-electron chi connectivity index (χ0n) is 27.8. The molecule has 0 saturated heterocycles. The quantitative estimate of drug-likeness (QED) is 0.0563. The second-order valence-electron chi connectivity index (χ2n) is 13.0. The van der Waals surface area contributed by atoms with E-state index in [9.17, 15) is 4.79 Å². The van der Waals surface area contributed by atoms with Crippen LogP contribution in [-0.4, -0.2) is 18.8 Å². The van der Waals surface area contributed by atoms with E-state index >= 15 is 0 Å². The van der Waals surface area contributed by atoms with E-state index < -0.39 is 0 Å². The van der Waals surface area contributed by atoms with Crippen molar-refractivity contribution in [1.82, 2.24) is 0 Å². The average molecular weight is 598 g/mol. The van der Waals surface area contributed by atoms with E-state index in [1.165, 1.54) is 89.0 Å². The maximum absolute atomic E-state index is 12.6. The molecule has 0 spiro atoms. The molecule has 0 fully saturated rings. The van der Waals surface area contributed by atoms with Crippen molar-refractivity contribution in [2.45, 2.75) is 123 Å². The lowest BCUT2D eigenvalue weighted by molar-refractivity contribution is 0.0734. The lowest BCUT2D eigenvalue weighted by atomic mass is 9.87. The smallest absolute Gasteiger partial charge is 0.343 e. The molecule has 0 atom stereocenters. The highest BCUT2D eigenvalue weighted by molar-refractivity contribution is 5.91. The van der Waals surface area contributed by atoms with Crippen molar-refractivity contribution >= 4 is 17.9 Å². The van der Waals surface area contributed by atoms with Crippen molar-refractivity contribution in [2.75, 3.05) is 6.61 Å². The number of unbranched alkanes of at least 4 members (excludes halogenated alkanes) is 13. The van der Waals surface area contributed by atoms with Gasteiger partial charge in [-0.25, -0.2) is 4.79 Å². The van der Waals surface area contributed by atoms with Gasteiger partial charge in [0.1, 0.15) is 11.5 Å². The number of esters is 1. The summed E-state index contributed by atoms with van der Waals surface area (Å²) in [6.45, 7) is 9.52. The largest absolute Gasteiger partial charge is 0.494 e. The van der Waals surface area contributed by atoms with Gasteiger partial charge in [0.05, 0.1) is 17.9 Å². The molecule has 0 radical (unpaired) electrons. The fourth-order valence-electron chi connectivity index (χ4n) is 5.16. The number of aliphatic imine (C=N–C) groups is 1. The highest BCUT2D eigenvalue weighted by Gasteiger charge is 2.14. The van der Waals surface area contributed by atoms with Gasteiger partial charge in [-0.3, -0.25) is 4.99 Å². The van der Waals surface area contributed by atoms with Gasteiger partial charge >= 0.3 is 5.97 Å². The first-order valence-corrected chi connectivity index (χ1v) is 17.0.